The van der Waals surface area contributed by atoms with Gasteiger partial charge in [0.25, 0.3) is 0 Å². The van der Waals surface area contributed by atoms with Crippen molar-refractivity contribution in [3.63, 3.8) is 0 Å². The molecule has 1 fully saturated rings. The highest BCUT2D eigenvalue weighted by molar-refractivity contribution is 5.21. The minimum Gasteiger partial charge on any atom is -0.375 e. The molecule has 0 amide bonds. The summed E-state index contributed by atoms with van der Waals surface area (Å²) in [5.41, 5.74) is 4.11. The third kappa shape index (κ3) is 4.95. The van der Waals surface area contributed by atoms with E-state index in [1.807, 2.05) is 0 Å². The Kier molecular flexibility index (Phi) is 6.43. The molecule has 4 rings (SSSR count). The van der Waals surface area contributed by atoms with E-state index in [9.17, 15) is 0 Å². The summed E-state index contributed by atoms with van der Waals surface area (Å²) >= 11 is 0. The molecule has 1 aliphatic carbocycles. The quantitative estimate of drug-likeness (QED) is 0.420. The Labute approximate surface area is 175 Å². The van der Waals surface area contributed by atoms with Gasteiger partial charge >= 0.3 is 0 Å². The van der Waals surface area contributed by atoms with Gasteiger partial charge < -0.3 is 4.74 Å². The van der Waals surface area contributed by atoms with Crippen molar-refractivity contribution in [3.8, 4) is 0 Å². The van der Waals surface area contributed by atoms with Crippen LogP contribution in [0.15, 0.2) is 91.0 Å². The molecule has 150 valence electrons. The average molecular weight is 386 g/mol. The molecule has 1 aliphatic rings. The summed E-state index contributed by atoms with van der Waals surface area (Å²) in [6, 6.07) is 32.2. The van der Waals surface area contributed by atoms with Crippen LogP contribution in [-0.2, 0) is 24.4 Å². The fraction of sp³-hybridized carbons (Fsp3) is 0.333. The van der Waals surface area contributed by atoms with Crippen LogP contribution in [0.2, 0.25) is 0 Å². The zero-order valence-electron chi connectivity index (χ0n) is 17.3. The monoisotopic (exact) mass is 385 g/mol. The zero-order chi connectivity index (χ0) is 19.9. The van der Waals surface area contributed by atoms with Crippen molar-refractivity contribution >= 4 is 0 Å². The van der Waals surface area contributed by atoms with E-state index in [2.05, 4.69) is 103 Å². The molecule has 0 unspecified atom stereocenters. The minimum atomic E-state index is 0.134. The van der Waals surface area contributed by atoms with E-state index < -0.39 is 0 Å². The summed E-state index contributed by atoms with van der Waals surface area (Å²) in [6.07, 6.45) is 2.42. The third-order valence-corrected chi connectivity index (χ3v) is 6.22. The predicted octanol–water partition coefficient (Wildman–Crippen LogP) is 6.07. The Morgan fingerprint density at radius 3 is 1.69 bits per heavy atom. The topological polar surface area (TPSA) is 12.5 Å². The molecule has 3 aromatic carbocycles. The molecule has 0 spiro atoms. The predicted molar refractivity (Wildman–Crippen MR) is 119 cm³/mol. The van der Waals surface area contributed by atoms with E-state index in [4.69, 9.17) is 4.74 Å². The summed E-state index contributed by atoms with van der Waals surface area (Å²) in [5, 5.41) is 0. The van der Waals surface area contributed by atoms with Gasteiger partial charge in [-0.15, -0.1) is 0 Å². The van der Waals surface area contributed by atoms with E-state index in [1.54, 1.807) is 0 Å². The fourth-order valence-electron chi connectivity index (χ4n) is 4.45. The number of nitrogens with zero attached hydrogens (tertiary/aromatic N) is 1. The van der Waals surface area contributed by atoms with Gasteiger partial charge in [-0.3, -0.25) is 4.90 Å². The van der Waals surface area contributed by atoms with Crippen LogP contribution in [0.25, 0.3) is 0 Å². The number of ether oxygens (including phenoxy) is 1. The summed E-state index contributed by atoms with van der Waals surface area (Å²) in [5.74, 6) is 0.700. The van der Waals surface area contributed by atoms with Crippen molar-refractivity contribution in [1.82, 2.24) is 4.90 Å². The highest BCUT2D eigenvalue weighted by atomic mass is 16.5. The van der Waals surface area contributed by atoms with Crippen LogP contribution in [0.3, 0.4) is 0 Å². The minimum absolute atomic E-state index is 0.134. The van der Waals surface area contributed by atoms with Crippen LogP contribution in [-0.4, -0.2) is 17.0 Å². The van der Waals surface area contributed by atoms with E-state index in [1.165, 1.54) is 29.5 Å². The number of hydrogen-bond donors (Lipinski definition) is 0. The molecule has 2 atom stereocenters. The number of rotatable bonds is 10. The van der Waals surface area contributed by atoms with Crippen LogP contribution in [0, 0.1) is 5.92 Å². The van der Waals surface area contributed by atoms with Crippen molar-refractivity contribution in [3.05, 3.63) is 108 Å². The lowest BCUT2D eigenvalue weighted by atomic mass is 10.1. The van der Waals surface area contributed by atoms with E-state index in [-0.39, 0.29) is 5.54 Å². The lowest BCUT2D eigenvalue weighted by Crippen LogP contribution is -2.42. The summed E-state index contributed by atoms with van der Waals surface area (Å²) in [6.45, 7) is 5.71. The third-order valence-electron chi connectivity index (χ3n) is 6.22. The van der Waals surface area contributed by atoms with Crippen molar-refractivity contribution in [2.45, 2.75) is 45.0 Å². The van der Waals surface area contributed by atoms with Crippen LogP contribution < -0.4 is 0 Å². The number of benzene rings is 3. The molecule has 0 bridgehead atoms. The fourth-order valence-corrected chi connectivity index (χ4v) is 4.45. The molecule has 0 heterocycles. The molecule has 0 aliphatic heterocycles. The smallest absolute Gasteiger partial charge is 0.0717 e. The maximum absolute atomic E-state index is 6.29. The van der Waals surface area contributed by atoms with Crippen molar-refractivity contribution in [2.24, 2.45) is 5.92 Å². The molecular weight excluding hydrogens is 354 g/mol. The Morgan fingerprint density at radius 2 is 1.24 bits per heavy atom. The highest BCUT2D eigenvalue weighted by Crippen LogP contribution is 2.52. The second-order valence-electron chi connectivity index (χ2n) is 8.22. The van der Waals surface area contributed by atoms with Gasteiger partial charge in [-0.2, -0.15) is 0 Å². The Hall–Kier alpha value is -2.42. The Balaban J connectivity index is 1.52. The van der Waals surface area contributed by atoms with Gasteiger partial charge in [-0.25, -0.2) is 0 Å². The van der Waals surface area contributed by atoms with Crippen LogP contribution in [0.4, 0.5) is 0 Å². The second-order valence-corrected chi connectivity index (χ2v) is 8.22. The lowest BCUT2D eigenvalue weighted by molar-refractivity contribution is 0.0213. The highest BCUT2D eigenvalue weighted by Gasteiger charge is 2.56. The summed E-state index contributed by atoms with van der Waals surface area (Å²) < 4.78 is 6.29. The van der Waals surface area contributed by atoms with Gasteiger partial charge in [0.1, 0.15) is 0 Å². The first kappa shape index (κ1) is 19.9. The first-order chi connectivity index (χ1) is 14.3. The molecule has 29 heavy (non-hydrogen) atoms. The molecule has 0 N–H and O–H groups in total. The Bertz CT molecular complexity index is 823. The van der Waals surface area contributed by atoms with Crippen molar-refractivity contribution in [2.75, 3.05) is 6.61 Å². The SMILES string of the molecule is CC[C@@H]1C[C@@]1(COCc1ccccc1)N(Cc1ccccc1)Cc1ccccc1. The average Bonchev–Trinajstić information content (AvgIpc) is 3.50. The molecule has 3 aromatic rings. The molecule has 2 heteroatoms. The van der Waals surface area contributed by atoms with E-state index >= 15 is 0 Å². The van der Waals surface area contributed by atoms with E-state index in [0.29, 0.717) is 12.5 Å². The maximum Gasteiger partial charge on any atom is 0.0717 e. The van der Waals surface area contributed by atoms with Crippen molar-refractivity contribution < 1.29 is 4.74 Å². The lowest BCUT2D eigenvalue weighted by Gasteiger charge is -2.33. The zero-order valence-corrected chi connectivity index (χ0v) is 17.3. The standard InChI is InChI=1S/C27H31NO/c1-2-26-18-27(26,22-29-21-25-16-10-5-11-17-25)28(19-23-12-6-3-7-13-23)20-24-14-8-4-9-15-24/h3-17,26H,2,18-22H2,1H3/t26-,27+/m1/s1. The molecular formula is C27H31NO. The summed E-state index contributed by atoms with van der Waals surface area (Å²) in [4.78, 5) is 2.66. The molecule has 0 aromatic heterocycles. The van der Waals surface area contributed by atoms with Crippen LogP contribution in [0.5, 0.6) is 0 Å². The molecule has 2 nitrogen and oxygen atoms in total. The molecule has 0 saturated heterocycles. The van der Waals surface area contributed by atoms with Crippen LogP contribution >= 0.6 is 0 Å². The maximum atomic E-state index is 6.29. The van der Waals surface area contributed by atoms with E-state index in [0.717, 1.165) is 19.7 Å². The van der Waals surface area contributed by atoms with Gasteiger partial charge in [0.2, 0.25) is 0 Å². The van der Waals surface area contributed by atoms with Crippen LogP contribution in [0.1, 0.15) is 36.5 Å². The normalized spacial score (nSPS) is 20.7. The van der Waals surface area contributed by atoms with Crippen molar-refractivity contribution in [1.29, 1.82) is 0 Å². The van der Waals surface area contributed by atoms with Gasteiger partial charge in [-0.05, 0) is 29.0 Å². The largest absolute Gasteiger partial charge is 0.375 e. The molecule has 0 radical (unpaired) electrons. The molecule has 1 saturated carbocycles. The van der Waals surface area contributed by atoms with Gasteiger partial charge in [0.15, 0.2) is 0 Å². The van der Waals surface area contributed by atoms with Gasteiger partial charge in [0.05, 0.1) is 13.2 Å². The Morgan fingerprint density at radius 1 is 0.759 bits per heavy atom. The second kappa shape index (κ2) is 9.39. The first-order valence-corrected chi connectivity index (χ1v) is 10.7. The first-order valence-electron chi connectivity index (χ1n) is 10.7. The summed E-state index contributed by atoms with van der Waals surface area (Å²) in [7, 11) is 0. The van der Waals surface area contributed by atoms with Gasteiger partial charge in [-0.1, -0.05) is 104 Å². The van der Waals surface area contributed by atoms with Gasteiger partial charge in [0, 0.05) is 18.6 Å². The number of hydrogen-bond acceptors (Lipinski definition) is 2.